The SMILES string of the molecule is CCOc1cc(CC(C(=O)O)c2cccs2)cc(Cl)c1OC. The minimum Gasteiger partial charge on any atom is -0.491 e. The summed E-state index contributed by atoms with van der Waals surface area (Å²) in [6, 6.07) is 7.20. The molecule has 1 N–H and O–H groups in total. The van der Waals surface area contributed by atoms with Gasteiger partial charge in [0.1, 0.15) is 0 Å². The molecule has 0 saturated carbocycles. The Balaban J connectivity index is 2.33. The Morgan fingerprint density at radius 3 is 2.77 bits per heavy atom. The molecule has 0 spiro atoms. The van der Waals surface area contributed by atoms with Gasteiger partial charge in [0.2, 0.25) is 0 Å². The van der Waals surface area contributed by atoms with E-state index in [4.69, 9.17) is 21.1 Å². The molecule has 1 heterocycles. The van der Waals surface area contributed by atoms with E-state index in [0.29, 0.717) is 29.5 Å². The monoisotopic (exact) mass is 340 g/mol. The minimum atomic E-state index is -0.854. The van der Waals surface area contributed by atoms with E-state index in [1.165, 1.54) is 18.4 Å². The first kappa shape index (κ1) is 16.6. The van der Waals surface area contributed by atoms with Crippen LogP contribution < -0.4 is 9.47 Å². The van der Waals surface area contributed by atoms with Gasteiger partial charge in [0, 0.05) is 4.88 Å². The first-order valence-corrected chi connectivity index (χ1v) is 8.08. The van der Waals surface area contributed by atoms with Crippen LogP contribution in [-0.4, -0.2) is 24.8 Å². The van der Waals surface area contributed by atoms with Crippen molar-refractivity contribution in [1.82, 2.24) is 0 Å². The number of ether oxygens (including phenoxy) is 2. The molecule has 4 nitrogen and oxygen atoms in total. The van der Waals surface area contributed by atoms with Gasteiger partial charge in [-0.25, -0.2) is 0 Å². The van der Waals surface area contributed by atoms with E-state index in [9.17, 15) is 9.90 Å². The van der Waals surface area contributed by atoms with Gasteiger partial charge >= 0.3 is 5.97 Å². The topological polar surface area (TPSA) is 55.8 Å². The molecule has 0 aliphatic heterocycles. The van der Waals surface area contributed by atoms with Crippen molar-refractivity contribution >= 4 is 28.9 Å². The predicted molar refractivity (Wildman–Crippen MR) is 87.6 cm³/mol. The summed E-state index contributed by atoms with van der Waals surface area (Å²) < 4.78 is 10.8. The molecule has 1 atom stereocenters. The van der Waals surface area contributed by atoms with Crippen molar-refractivity contribution in [3.63, 3.8) is 0 Å². The van der Waals surface area contributed by atoms with Crippen LogP contribution in [0.1, 0.15) is 23.3 Å². The van der Waals surface area contributed by atoms with E-state index in [0.717, 1.165) is 10.4 Å². The van der Waals surface area contributed by atoms with Crippen LogP contribution in [0.5, 0.6) is 11.5 Å². The summed E-state index contributed by atoms with van der Waals surface area (Å²) in [6.45, 7) is 2.34. The third-order valence-corrected chi connectivity index (χ3v) is 4.46. The van der Waals surface area contributed by atoms with Gasteiger partial charge in [-0.2, -0.15) is 0 Å². The summed E-state index contributed by atoms with van der Waals surface area (Å²) in [7, 11) is 1.52. The average Bonchev–Trinajstić information content (AvgIpc) is 2.98. The highest BCUT2D eigenvalue weighted by molar-refractivity contribution is 7.10. The summed E-state index contributed by atoms with van der Waals surface area (Å²) in [6.07, 6.45) is 0.347. The number of carbonyl (C=O) groups is 1. The fraction of sp³-hybridized carbons (Fsp3) is 0.312. The summed E-state index contributed by atoms with van der Waals surface area (Å²) >= 11 is 7.64. The molecule has 0 amide bonds. The molecule has 0 aliphatic rings. The van der Waals surface area contributed by atoms with E-state index in [2.05, 4.69) is 0 Å². The molecular formula is C16H17ClO4S. The first-order valence-electron chi connectivity index (χ1n) is 6.82. The van der Waals surface area contributed by atoms with Crippen LogP contribution in [0.25, 0.3) is 0 Å². The molecule has 0 radical (unpaired) electrons. The summed E-state index contributed by atoms with van der Waals surface area (Å²) in [4.78, 5) is 12.4. The quantitative estimate of drug-likeness (QED) is 0.819. The van der Waals surface area contributed by atoms with Crippen LogP contribution in [0, 0.1) is 0 Å². The lowest BCUT2D eigenvalue weighted by molar-refractivity contribution is -0.138. The van der Waals surface area contributed by atoms with Gasteiger partial charge in [-0.05, 0) is 42.5 Å². The van der Waals surface area contributed by atoms with Gasteiger partial charge in [-0.3, -0.25) is 4.79 Å². The Morgan fingerprint density at radius 2 is 2.23 bits per heavy atom. The minimum absolute atomic E-state index is 0.347. The van der Waals surface area contributed by atoms with Crippen LogP contribution in [0.15, 0.2) is 29.6 Å². The molecule has 6 heteroatoms. The summed E-state index contributed by atoms with van der Waals surface area (Å²) in [5.74, 6) is -0.454. The van der Waals surface area contributed by atoms with Crippen molar-refractivity contribution in [2.24, 2.45) is 0 Å². The molecule has 1 unspecified atom stereocenters. The van der Waals surface area contributed by atoms with E-state index in [1.54, 1.807) is 12.1 Å². The van der Waals surface area contributed by atoms with Crippen molar-refractivity contribution in [3.8, 4) is 11.5 Å². The fourth-order valence-electron chi connectivity index (χ4n) is 2.24. The lowest BCUT2D eigenvalue weighted by Crippen LogP contribution is -2.13. The van der Waals surface area contributed by atoms with Gasteiger partial charge in [0.15, 0.2) is 11.5 Å². The number of carboxylic acids is 1. The lowest BCUT2D eigenvalue weighted by Gasteiger charge is -2.15. The highest BCUT2D eigenvalue weighted by atomic mass is 35.5. The number of hydrogen-bond donors (Lipinski definition) is 1. The second-order valence-electron chi connectivity index (χ2n) is 4.65. The zero-order chi connectivity index (χ0) is 16.1. The predicted octanol–water partition coefficient (Wildman–Crippen LogP) is 4.22. The van der Waals surface area contributed by atoms with Gasteiger partial charge in [0.05, 0.1) is 24.7 Å². The Labute approximate surface area is 138 Å². The maximum absolute atomic E-state index is 11.5. The molecule has 2 rings (SSSR count). The first-order chi connectivity index (χ1) is 10.6. The number of methoxy groups -OCH3 is 1. The summed E-state index contributed by atoms with van der Waals surface area (Å²) in [5, 5.41) is 11.8. The normalized spacial score (nSPS) is 12.0. The van der Waals surface area contributed by atoms with Gasteiger partial charge in [-0.15, -0.1) is 11.3 Å². The third-order valence-electron chi connectivity index (χ3n) is 3.20. The van der Waals surface area contributed by atoms with Crippen molar-refractivity contribution < 1.29 is 19.4 Å². The Bertz CT molecular complexity index is 640. The smallest absolute Gasteiger partial charge is 0.312 e. The van der Waals surface area contributed by atoms with Gasteiger partial charge < -0.3 is 14.6 Å². The van der Waals surface area contributed by atoms with Crippen LogP contribution in [0.4, 0.5) is 0 Å². The Morgan fingerprint density at radius 1 is 1.45 bits per heavy atom. The molecule has 118 valence electrons. The van der Waals surface area contributed by atoms with Crippen molar-refractivity contribution in [1.29, 1.82) is 0 Å². The van der Waals surface area contributed by atoms with Crippen molar-refractivity contribution in [3.05, 3.63) is 45.1 Å². The fourth-order valence-corrected chi connectivity index (χ4v) is 3.37. The number of aliphatic carboxylic acids is 1. The number of halogens is 1. The Hall–Kier alpha value is -1.72. The van der Waals surface area contributed by atoms with Crippen LogP contribution in [-0.2, 0) is 11.2 Å². The van der Waals surface area contributed by atoms with Gasteiger partial charge in [0.25, 0.3) is 0 Å². The molecule has 22 heavy (non-hydrogen) atoms. The van der Waals surface area contributed by atoms with E-state index < -0.39 is 11.9 Å². The highest BCUT2D eigenvalue weighted by Gasteiger charge is 2.23. The van der Waals surface area contributed by atoms with E-state index in [1.807, 2.05) is 24.4 Å². The highest BCUT2D eigenvalue weighted by Crippen LogP contribution is 2.38. The summed E-state index contributed by atoms with van der Waals surface area (Å²) in [5.41, 5.74) is 0.801. The number of thiophene rings is 1. The standard InChI is InChI=1S/C16H17ClO4S/c1-3-21-13-9-10(8-12(17)15(13)20-2)7-11(16(18)19)14-5-4-6-22-14/h4-6,8-9,11H,3,7H2,1-2H3,(H,18,19). The number of benzene rings is 1. The molecule has 0 aliphatic carbocycles. The van der Waals surface area contributed by atoms with Crippen LogP contribution in [0.3, 0.4) is 0 Å². The molecular weight excluding hydrogens is 324 g/mol. The molecule has 2 aromatic rings. The zero-order valence-electron chi connectivity index (χ0n) is 12.3. The largest absolute Gasteiger partial charge is 0.491 e. The maximum Gasteiger partial charge on any atom is 0.312 e. The zero-order valence-corrected chi connectivity index (χ0v) is 13.9. The maximum atomic E-state index is 11.5. The van der Waals surface area contributed by atoms with E-state index >= 15 is 0 Å². The number of rotatable bonds is 7. The van der Waals surface area contributed by atoms with Crippen LogP contribution >= 0.6 is 22.9 Å². The molecule has 0 bridgehead atoms. The molecule has 0 fully saturated rings. The second kappa shape index (κ2) is 7.51. The molecule has 1 aromatic heterocycles. The van der Waals surface area contributed by atoms with E-state index in [-0.39, 0.29) is 0 Å². The van der Waals surface area contributed by atoms with Crippen molar-refractivity contribution in [2.75, 3.05) is 13.7 Å². The molecule has 0 saturated heterocycles. The van der Waals surface area contributed by atoms with Crippen molar-refractivity contribution in [2.45, 2.75) is 19.3 Å². The Kier molecular flexibility index (Phi) is 5.69. The van der Waals surface area contributed by atoms with Crippen LogP contribution in [0.2, 0.25) is 5.02 Å². The number of carboxylic acid groups (broad SMARTS) is 1. The lowest BCUT2D eigenvalue weighted by atomic mass is 9.97. The second-order valence-corrected chi connectivity index (χ2v) is 6.04. The number of hydrogen-bond acceptors (Lipinski definition) is 4. The average molecular weight is 341 g/mol. The van der Waals surface area contributed by atoms with Gasteiger partial charge in [-0.1, -0.05) is 17.7 Å². The third kappa shape index (κ3) is 3.72. The molecule has 1 aromatic carbocycles.